The van der Waals surface area contributed by atoms with E-state index in [1.54, 1.807) is 0 Å². The molecule has 0 amide bonds. The lowest BCUT2D eigenvalue weighted by Gasteiger charge is -2.38. The first-order chi connectivity index (χ1) is 4.15. The van der Waals surface area contributed by atoms with Gasteiger partial charge in [0.05, 0.1) is 31.4 Å². The molecule has 0 aromatic rings. The molecule has 0 atom stereocenters. The molecule has 0 radical (unpaired) electrons. The van der Waals surface area contributed by atoms with Gasteiger partial charge >= 0.3 is 0 Å². The van der Waals surface area contributed by atoms with E-state index in [0.29, 0.717) is 10.4 Å². The molecule has 0 aliphatic heterocycles. The maximum absolute atomic E-state index is 2.33. The summed E-state index contributed by atoms with van der Waals surface area (Å²) in [7, 11) is 11.6. The smallest absolute Gasteiger partial charge is 0.0920 e. The van der Waals surface area contributed by atoms with Crippen LogP contribution >= 0.6 is 0 Å². The standard InChI is InChI=1S/C5H17B5/c1-4(7,8)3(6)5(2,9)10/h3H,6-10H2,1-2H3. The Hall–Kier alpha value is 0.325. The summed E-state index contributed by atoms with van der Waals surface area (Å²) in [5, 5.41) is 0.885. The fourth-order valence-electron chi connectivity index (χ4n) is 1.30. The molecule has 0 aromatic heterocycles. The van der Waals surface area contributed by atoms with Crippen LogP contribution in [0.1, 0.15) is 13.8 Å². The Balaban J connectivity index is 4.23. The highest BCUT2D eigenvalue weighted by Crippen LogP contribution is 2.44. The summed E-state index contributed by atoms with van der Waals surface area (Å²) >= 11 is 0. The molecule has 0 nitrogen and oxygen atoms in total. The lowest BCUT2D eigenvalue weighted by atomic mass is 9.32. The Morgan fingerprint density at radius 2 is 1.10 bits per heavy atom. The van der Waals surface area contributed by atoms with E-state index < -0.39 is 0 Å². The van der Waals surface area contributed by atoms with Crippen LogP contribution in [0.5, 0.6) is 0 Å². The second-order valence-corrected chi connectivity index (χ2v) is 5.45. The number of hydrogen-bond acceptors (Lipinski definition) is 0. The first-order valence-corrected chi connectivity index (χ1v) is 4.15. The van der Waals surface area contributed by atoms with Crippen molar-refractivity contribution in [2.75, 3.05) is 0 Å². The van der Waals surface area contributed by atoms with E-state index in [-0.39, 0.29) is 0 Å². The van der Waals surface area contributed by atoms with Crippen molar-refractivity contribution in [3.05, 3.63) is 0 Å². The predicted octanol–water partition coefficient (Wildman–Crippen LogP) is -2.79. The average Bonchev–Trinajstić information content (AvgIpc) is 1.59. The van der Waals surface area contributed by atoms with Crippen molar-refractivity contribution in [2.24, 2.45) is 0 Å². The Kier molecular flexibility index (Phi) is 2.84. The van der Waals surface area contributed by atoms with E-state index in [2.05, 4.69) is 53.1 Å². The van der Waals surface area contributed by atoms with Gasteiger partial charge in [0.15, 0.2) is 0 Å². The summed E-state index contributed by atoms with van der Waals surface area (Å²) in [6, 6.07) is 0. The predicted molar refractivity (Wildman–Crippen MR) is 63.2 cm³/mol. The third-order valence-electron chi connectivity index (χ3n) is 2.60. The van der Waals surface area contributed by atoms with Crippen LogP contribution < -0.4 is 0 Å². The van der Waals surface area contributed by atoms with Crippen molar-refractivity contribution < 1.29 is 0 Å². The first-order valence-electron chi connectivity index (χ1n) is 4.15. The van der Waals surface area contributed by atoms with Crippen molar-refractivity contribution in [1.29, 1.82) is 0 Å². The van der Waals surface area contributed by atoms with Gasteiger partial charge < -0.3 is 0 Å². The van der Waals surface area contributed by atoms with Crippen LogP contribution in [0, 0.1) is 0 Å². The topological polar surface area (TPSA) is 0 Å². The van der Waals surface area contributed by atoms with Gasteiger partial charge in [-0.1, -0.05) is 30.1 Å². The lowest BCUT2D eigenvalue weighted by molar-refractivity contribution is 0.666. The molecule has 10 heavy (non-hydrogen) atoms. The molecule has 0 aliphatic carbocycles. The average molecular weight is 131 g/mol. The van der Waals surface area contributed by atoms with E-state index >= 15 is 0 Å². The zero-order valence-electron chi connectivity index (χ0n) is 8.58. The minimum absolute atomic E-state index is 0.443. The Morgan fingerprint density at radius 1 is 0.900 bits per heavy atom. The van der Waals surface area contributed by atoms with Gasteiger partial charge in [-0.25, -0.2) is 0 Å². The molecule has 0 aliphatic rings. The Bertz CT molecular complexity index is 94.2. The normalized spacial score (nSPS) is 13.9. The Morgan fingerprint density at radius 3 is 1.10 bits per heavy atom. The maximum atomic E-state index is 2.33. The second kappa shape index (κ2) is 2.75. The van der Waals surface area contributed by atoms with Gasteiger partial charge in [-0.3, -0.25) is 0 Å². The quantitative estimate of drug-likeness (QED) is 0.356. The van der Waals surface area contributed by atoms with Gasteiger partial charge in [-0.2, -0.15) is 0 Å². The number of rotatable bonds is 2. The fraction of sp³-hybridized carbons (Fsp3) is 1.00. The summed E-state index contributed by atoms with van der Waals surface area (Å²) in [6.45, 7) is 4.62. The third-order valence-corrected chi connectivity index (χ3v) is 2.60. The largest absolute Gasteiger partial charge is 0.103 e. The highest BCUT2D eigenvalue weighted by Gasteiger charge is 2.29. The summed E-state index contributed by atoms with van der Waals surface area (Å²) < 4.78 is 0. The van der Waals surface area contributed by atoms with Gasteiger partial charge in [0, 0.05) is 0 Å². The molecule has 5 heteroatoms. The third kappa shape index (κ3) is 2.94. The van der Waals surface area contributed by atoms with E-state index in [0.717, 1.165) is 5.82 Å². The second-order valence-electron chi connectivity index (χ2n) is 5.45. The molecule has 0 fully saturated rings. The summed E-state index contributed by atoms with van der Waals surface area (Å²) in [6.07, 6.45) is 0. The van der Waals surface area contributed by atoms with E-state index in [4.69, 9.17) is 0 Å². The van der Waals surface area contributed by atoms with Crippen LogP contribution in [-0.4, -0.2) is 39.2 Å². The SMILES string of the molecule is BC(C(B)(B)C)C(B)(B)C. The van der Waals surface area contributed by atoms with Crippen LogP contribution in [0.2, 0.25) is 16.2 Å². The minimum Gasteiger partial charge on any atom is -0.0920 e. The monoisotopic (exact) mass is 132 g/mol. The van der Waals surface area contributed by atoms with Gasteiger partial charge in [0.25, 0.3) is 0 Å². The molecule has 0 saturated heterocycles. The zero-order chi connectivity index (χ0) is 8.58. The highest BCUT2D eigenvalue weighted by atomic mass is 14.2. The van der Waals surface area contributed by atoms with Crippen molar-refractivity contribution in [2.45, 2.75) is 30.1 Å². The molecule has 0 spiro atoms. The van der Waals surface area contributed by atoms with Crippen LogP contribution in [0.3, 0.4) is 0 Å². The lowest BCUT2D eigenvalue weighted by Crippen LogP contribution is -2.27. The molecule has 52 valence electrons. The summed E-state index contributed by atoms with van der Waals surface area (Å²) in [4.78, 5) is 0. The van der Waals surface area contributed by atoms with E-state index in [9.17, 15) is 0 Å². The van der Waals surface area contributed by atoms with E-state index in [1.807, 2.05) is 0 Å². The highest BCUT2D eigenvalue weighted by molar-refractivity contribution is 6.49. The van der Waals surface area contributed by atoms with Crippen LogP contribution in [0.25, 0.3) is 0 Å². The molecular formula is C5H17B5. The molecular weight excluding hydrogens is 114 g/mol. The zero-order valence-corrected chi connectivity index (χ0v) is 8.58. The van der Waals surface area contributed by atoms with Crippen LogP contribution in [0.4, 0.5) is 0 Å². The molecule has 0 saturated carbocycles. The molecule has 0 N–H and O–H groups in total. The number of hydrogen-bond donors (Lipinski definition) is 0. The van der Waals surface area contributed by atoms with Gasteiger partial charge in [-0.05, 0) is 0 Å². The van der Waals surface area contributed by atoms with Gasteiger partial charge in [0.1, 0.15) is 7.85 Å². The fourth-order valence-corrected chi connectivity index (χ4v) is 1.30. The Labute approximate surface area is 70.0 Å². The molecule has 0 bridgehead atoms. The van der Waals surface area contributed by atoms with Crippen molar-refractivity contribution in [3.8, 4) is 0 Å². The first kappa shape index (κ1) is 10.3. The molecule has 0 aromatic carbocycles. The van der Waals surface area contributed by atoms with Crippen molar-refractivity contribution in [3.63, 3.8) is 0 Å². The summed E-state index contributed by atoms with van der Waals surface area (Å²) in [5.41, 5.74) is 0. The summed E-state index contributed by atoms with van der Waals surface area (Å²) in [5.74, 6) is 0.764. The van der Waals surface area contributed by atoms with Gasteiger partial charge in [0.2, 0.25) is 0 Å². The maximum Gasteiger partial charge on any atom is 0.103 e. The van der Waals surface area contributed by atoms with Crippen LogP contribution in [-0.2, 0) is 0 Å². The van der Waals surface area contributed by atoms with Crippen molar-refractivity contribution >= 4 is 39.2 Å². The van der Waals surface area contributed by atoms with Gasteiger partial charge in [-0.15, -0.1) is 0 Å². The van der Waals surface area contributed by atoms with E-state index in [1.165, 1.54) is 0 Å². The molecule has 0 heterocycles. The molecule has 0 unspecified atom stereocenters. The minimum atomic E-state index is 0.443. The molecule has 0 rings (SSSR count). The van der Waals surface area contributed by atoms with Crippen LogP contribution in [0.15, 0.2) is 0 Å². The van der Waals surface area contributed by atoms with Crippen molar-refractivity contribution in [1.82, 2.24) is 0 Å².